The highest BCUT2D eigenvalue weighted by molar-refractivity contribution is 6.19. The van der Waals surface area contributed by atoms with E-state index in [0.29, 0.717) is 17.5 Å². The lowest BCUT2D eigenvalue weighted by atomic mass is 9.80. The van der Waals surface area contributed by atoms with Crippen molar-refractivity contribution in [1.29, 1.82) is 5.41 Å². The average molecular weight is 501 g/mol. The summed E-state index contributed by atoms with van der Waals surface area (Å²) in [5, 5.41) is 13.7. The number of ether oxygens (including phenoxy) is 1. The molecule has 2 heterocycles. The lowest BCUT2D eigenvalue weighted by molar-refractivity contribution is -0.146. The third-order valence-corrected chi connectivity index (χ3v) is 7.59. The van der Waals surface area contributed by atoms with Gasteiger partial charge in [-0.15, -0.1) is 0 Å². The van der Waals surface area contributed by atoms with Crippen LogP contribution >= 0.6 is 0 Å². The molecule has 2 aliphatic rings. The predicted octanol–water partition coefficient (Wildman–Crippen LogP) is 7.01. The minimum atomic E-state index is -0.0889. The number of pyridine rings is 1. The third kappa shape index (κ3) is 5.39. The summed E-state index contributed by atoms with van der Waals surface area (Å²) in [5.41, 5.74) is 8.75. The molecule has 1 fully saturated rings. The van der Waals surface area contributed by atoms with Crippen LogP contribution < -0.4 is 0 Å². The molecule has 6 nitrogen and oxygen atoms in total. The van der Waals surface area contributed by atoms with Gasteiger partial charge in [-0.1, -0.05) is 45.9 Å². The maximum absolute atomic E-state index is 11.9. The van der Waals surface area contributed by atoms with Crippen molar-refractivity contribution in [2.24, 2.45) is 11.8 Å². The lowest BCUT2D eigenvalue weighted by Crippen LogP contribution is -2.22. The summed E-state index contributed by atoms with van der Waals surface area (Å²) in [6.45, 7) is 12.9. The minimum Gasteiger partial charge on any atom is -0.469 e. The fourth-order valence-corrected chi connectivity index (χ4v) is 5.74. The number of nitrogens with zero attached hydrogens (tertiary/aromatic N) is 3. The lowest BCUT2D eigenvalue weighted by Gasteiger charge is -2.27. The first-order chi connectivity index (χ1) is 17.6. The van der Waals surface area contributed by atoms with E-state index in [9.17, 15) is 4.79 Å². The van der Waals surface area contributed by atoms with Crippen molar-refractivity contribution in [3.05, 3.63) is 70.3 Å². The Kier molecular flexibility index (Phi) is 7.96. The van der Waals surface area contributed by atoms with E-state index in [1.54, 1.807) is 0 Å². The molecule has 1 saturated carbocycles. The highest BCUT2D eigenvalue weighted by atomic mass is 16.5. The van der Waals surface area contributed by atoms with E-state index < -0.39 is 0 Å². The molecule has 0 bridgehead atoms. The van der Waals surface area contributed by atoms with Crippen LogP contribution in [0.25, 0.3) is 11.3 Å². The number of aromatic nitrogens is 3. The molecule has 2 aliphatic carbocycles. The Bertz CT molecular complexity index is 1280. The van der Waals surface area contributed by atoms with E-state index in [1.807, 2.05) is 16.8 Å². The molecular formula is C31H40N4O2. The monoisotopic (exact) mass is 500 g/mol. The third-order valence-electron chi connectivity index (χ3n) is 7.59. The molecule has 0 unspecified atom stereocenters. The van der Waals surface area contributed by atoms with Gasteiger partial charge in [-0.2, -0.15) is 5.10 Å². The Balaban J connectivity index is 1.70. The Labute approximate surface area is 221 Å². The van der Waals surface area contributed by atoms with E-state index in [0.717, 1.165) is 65.3 Å². The van der Waals surface area contributed by atoms with Gasteiger partial charge in [0.1, 0.15) is 0 Å². The average Bonchev–Trinajstić information content (AvgIpc) is 3.21. The summed E-state index contributed by atoms with van der Waals surface area (Å²) in [6.07, 6.45) is 11.6. The number of nitrogens with one attached hydrogen (secondary N) is 1. The number of esters is 1. The Morgan fingerprint density at radius 3 is 2.43 bits per heavy atom. The van der Waals surface area contributed by atoms with Gasteiger partial charge in [-0.25, -0.2) is 4.68 Å². The quantitative estimate of drug-likeness (QED) is 0.433. The summed E-state index contributed by atoms with van der Waals surface area (Å²) in [5.74, 6) is 0.901. The van der Waals surface area contributed by atoms with Gasteiger partial charge in [-0.3, -0.25) is 9.78 Å². The number of carbonyl (C=O) groups excluding carboxylic acids is 1. The second kappa shape index (κ2) is 11.0. The fourth-order valence-electron chi connectivity index (χ4n) is 5.74. The van der Waals surface area contributed by atoms with Crippen LogP contribution in [0.2, 0.25) is 0 Å². The second-order valence-electron chi connectivity index (χ2n) is 11.0. The van der Waals surface area contributed by atoms with Gasteiger partial charge >= 0.3 is 5.97 Å². The minimum absolute atomic E-state index is 0.0151. The zero-order valence-corrected chi connectivity index (χ0v) is 23.3. The molecule has 0 atom stereocenters. The van der Waals surface area contributed by atoms with Crippen LogP contribution in [0, 0.1) is 31.1 Å². The number of carbonyl (C=O) groups is 1. The van der Waals surface area contributed by atoms with Crippen molar-refractivity contribution < 1.29 is 9.53 Å². The van der Waals surface area contributed by atoms with Crippen LogP contribution in [0.4, 0.5) is 0 Å². The molecule has 2 aromatic heterocycles. The first-order valence-corrected chi connectivity index (χ1v) is 13.5. The van der Waals surface area contributed by atoms with Gasteiger partial charge < -0.3 is 10.1 Å². The molecule has 196 valence electrons. The van der Waals surface area contributed by atoms with E-state index in [2.05, 4.69) is 65.8 Å². The van der Waals surface area contributed by atoms with E-state index in [-0.39, 0.29) is 17.8 Å². The van der Waals surface area contributed by atoms with Crippen LogP contribution in [-0.2, 0) is 9.53 Å². The van der Waals surface area contributed by atoms with Crippen LogP contribution in [0.5, 0.6) is 0 Å². The van der Waals surface area contributed by atoms with Crippen molar-refractivity contribution in [1.82, 2.24) is 14.8 Å². The largest absolute Gasteiger partial charge is 0.469 e. The number of allylic oxidation sites excluding steroid dienone is 6. The number of hydrogen-bond donors (Lipinski definition) is 1. The van der Waals surface area contributed by atoms with Gasteiger partial charge in [0.15, 0.2) is 0 Å². The first-order valence-electron chi connectivity index (χ1n) is 13.5. The van der Waals surface area contributed by atoms with Gasteiger partial charge in [-0.05, 0) is 69.6 Å². The summed E-state index contributed by atoms with van der Waals surface area (Å²) < 4.78 is 6.97. The molecule has 1 N–H and O–H groups in total. The van der Waals surface area contributed by atoms with Crippen molar-refractivity contribution >= 4 is 17.3 Å². The van der Waals surface area contributed by atoms with E-state index >= 15 is 0 Å². The zero-order chi connectivity index (χ0) is 26.9. The molecule has 0 aliphatic heterocycles. The van der Waals surface area contributed by atoms with Crippen molar-refractivity contribution in [2.75, 3.05) is 7.11 Å². The Morgan fingerprint density at radius 1 is 1.14 bits per heavy atom. The maximum atomic E-state index is 11.9. The smallest absolute Gasteiger partial charge is 0.308 e. The Morgan fingerprint density at radius 2 is 1.84 bits per heavy atom. The van der Waals surface area contributed by atoms with Gasteiger partial charge in [0.05, 0.1) is 35.8 Å². The van der Waals surface area contributed by atoms with Gasteiger partial charge in [0, 0.05) is 34.0 Å². The van der Waals surface area contributed by atoms with Crippen molar-refractivity contribution in [3.8, 4) is 5.69 Å². The maximum Gasteiger partial charge on any atom is 0.308 e. The second-order valence-corrected chi connectivity index (χ2v) is 11.0. The molecule has 0 aromatic carbocycles. The standard InChI is InChI=1S/C31H40N4O2/c1-18(2)17-25-24(9-8-10-26(25)32)30-29(19(3)4)21(6)35(34-30)28-16-15-27(33-20(28)5)22-11-13-23(14-12-22)31(36)37-7/h8-10,15-19,22-23,32H,11-14H2,1-7H3/b25-17-,32-26?. The number of methoxy groups -OCH3 is 1. The zero-order valence-electron chi connectivity index (χ0n) is 23.3. The van der Waals surface area contributed by atoms with Crippen LogP contribution in [0.15, 0.2) is 42.0 Å². The van der Waals surface area contributed by atoms with Crippen LogP contribution in [-0.4, -0.2) is 33.6 Å². The summed E-state index contributed by atoms with van der Waals surface area (Å²) >= 11 is 0. The van der Waals surface area contributed by atoms with Gasteiger partial charge in [0.25, 0.3) is 0 Å². The molecule has 0 radical (unpaired) electrons. The summed E-state index contributed by atoms with van der Waals surface area (Å²) in [4.78, 5) is 16.9. The molecule has 4 rings (SSSR count). The van der Waals surface area contributed by atoms with Crippen LogP contribution in [0.1, 0.15) is 93.6 Å². The predicted molar refractivity (Wildman–Crippen MR) is 149 cm³/mol. The molecule has 0 amide bonds. The molecule has 37 heavy (non-hydrogen) atoms. The number of rotatable bonds is 6. The van der Waals surface area contributed by atoms with E-state index in [4.69, 9.17) is 20.2 Å². The molecular weight excluding hydrogens is 460 g/mol. The van der Waals surface area contributed by atoms with Crippen molar-refractivity contribution in [3.63, 3.8) is 0 Å². The summed E-state index contributed by atoms with van der Waals surface area (Å²) in [6, 6.07) is 4.27. The number of aryl methyl sites for hydroxylation is 1. The first kappa shape index (κ1) is 26.8. The normalized spacial score (nSPS) is 21.2. The highest BCUT2D eigenvalue weighted by Gasteiger charge is 2.29. The topological polar surface area (TPSA) is 80.9 Å². The molecule has 0 spiro atoms. The molecule has 2 aromatic rings. The highest BCUT2D eigenvalue weighted by Crippen LogP contribution is 2.38. The summed E-state index contributed by atoms with van der Waals surface area (Å²) in [7, 11) is 1.47. The SMILES string of the molecule is COC(=O)C1CCC(c2ccc(-n3nc(C4=CC=CC(=N)/C4=C\C(C)C)c(C(C)C)c3C)c(C)n2)CC1. The molecule has 6 heteroatoms. The van der Waals surface area contributed by atoms with Crippen molar-refractivity contribution in [2.45, 2.75) is 79.1 Å². The molecule has 0 saturated heterocycles. The van der Waals surface area contributed by atoms with E-state index in [1.165, 1.54) is 12.7 Å². The Hall–Kier alpha value is -3.28. The fraction of sp³-hybridized carbons (Fsp3) is 0.484. The number of hydrogen-bond acceptors (Lipinski definition) is 5. The van der Waals surface area contributed by atoms with Crippen LogP contribution in [0.3, 0.4) is 0 Å². The van der Waals surface area contributed by atoms with Gasteiger partial charge in [0.2, 0.25) is 0 Å².